The molecule has 0 bridgehead atoms. The molecule has 0 fully saturated rings. The van der Waals surface area contributed by atoms with E-state index in [2.05, 4.69) is 10.4 Å². The molecule has 0 radical (unpaired) electrons. The molecule has 0 saturated carbocycles. The highest BCUT2D eigenvalue weighted by atomic mass is 16.4. The topological polar surface area (TPSA) is 84.2 Å². The highest BCUT2D eigenvalue weighted by Gasteiger charge is 2.26. The minimum atomic E-state index is -0.864. The lowest BCUT2D eigenvalue weighted by Crippen LogP contribution is -2.27. The third kappa shape index (κ3) is 4.92. The van der Waals surface area contributed by atoms with Gasteiger partial charge in [0.05, 0.1) is 16.9 Å². The van der Waals surface area contributed by atoms with E-state index in [9.17, 15) is 9.59 Å². The molecule has 1 aromatic heterocycles. The molecular formula is C19H25N3O3. The number of amides is 1. The molecule has 134 valence electrons. The summed E-state index contributed by atoms with van der Waals surface area (Å²) < 4.78 is 1.71. The summed E-state index contributed by atoms with van der Waals surface area (Å²) in [7, 11) is 0. The van der Waals surface area contributed by atoms with Crippen LogP contribution in [0.5, 0.6) is 0 Å². The van der Waals surface area contributed by atoms with Crippen molar-refractivity contribution in [3.8, 4) is 5.69 Å². The number of carbonyl (C=O) groups excluding carboxylic acids is 1. The Morgan fingerprint density at radius 1 is 1.20 bits per heavy atom. The zero-order chi connectivity index (χ0) is 18.6. The molecule has 1 heterocycles. The monoisotopic (exact) mass is 343 g/mol. The van der Waals surface area contributed by atoms with Gasteiger partial charge in [-0.1, -0.05) is 38.5 Å². The normalized spacial score (nSPS) is 11.4. The minimum absolute atomic E-state index is 0.0367. The quantitative estimate of drug-likeness (QED) is 0.790. The second-order valence-corrected chi connectivity index (χ2v) is 7.17. The Morgan fingerprint density at radius 3 is 2.40 bits per heavy atom. The van der Waals surface area contributed by atoms with Gasteiger partial charge in [0.1, 0.15) is 0 Å². The molecule has 0 saturated heterocycles. The fourth-order valence-corrected chi connectivity index (χ4v) is 2.46. The van der Waals surface area contributed by atoms with E-state index in [0.717, 1.165) is 11.3 Å². The molecule has 1 amide bonds. The molecule has 6 nitrogen and oxygen atoms in total. The first-order chi connectivity index (χ1) is 11.7. The van der Waals surface area contributed by atoms with Gasteiger partial charge in [0.25, 0.3) is 5.91 Å². The van der Waals surface area contributed by atoms with Crippen molar-refractivity contribution in [1.82, 2.24) is 15.1 Å². The third-order valence-corrected chi connectivity index (χ3v) is 3.82. The van der Waals surface area contributed by atoms with Crippen molar-refractivity contribution in [1.29, 1.82) is 0 Å². The van der Waals surface area contributed by atoms with E-state index in [0.29, 0.717) is 24.2 Å². The summed E-state index contributed by atoms with van der Waals surface area (Å²) in [6.45, 7) is 8.37. The van der Waals surface area contributed by atoms with Gasteiger partial charge in [-0.05, 0) is 25.5 Å². The maximum Gasteiger partial charge on any atom is 0.303 e. The van der Waals surface area contributed by atoms with E-state index in [1.54, 1.807) is 10.9 Å². The van der Waals surface area contributed by atoms with Gasteiger partial charge in [0, 0.05) is 24.6 Å². The van der Waals surface area contributed by atoms with Crippen molar-refractivity contribution >= 4 is 11.9 Å². The molecule has 2 aromatic rings. The summed E-state index contributed by atoms with van der Waals surface area (Å²) in [5, 5.41) is 16.1. The Morgan fingerprint density at radius 2 is 1.84 bits per heavy atom. The van der Waals surface area contributed by atoms with Crippen LogP contribution in [0.1, 0.15) is 55.2 Å². The van der Waals surface area contributed by atoms with Crippen LogP contribution in [0, 0.1) is 6.92 Å². The van der Waals surface area contributed by atoms with E-state index in [4.69, 9.17) is 5.11 Å². The maximum atomic E-state index is 12.5. The average Bonchev–Trinajstić information content (AvgIpc) is 2.97. The van der Waals surface area contributed by atoms with Crippen LogP contribution in [0.4, 0.5) is 0 Å². The van der Waals surface area contributed by atoms with Crippen LogP contribution in [-0.2, 0) is 10.2 Å². The van der Waals surface area contributed by atoms with Crippen LogP contribution in [0.2, 0.25) is 0 Å². The Kier molecular flexibility index (Phi) is 5.62. The minimum Gasteiger partial charge on any atom is -0.481 e. The fourth-order valence-electron chi connectivity index (χ4n) is 2.46. The van der Waals surface area contributed by atoms with Crippen molar-refractivity contribution in [3.05, 3.63) is 47.3 Å². The predicted molar refractivity (Wildman–Crippen MR) is 96.2 cm³/mol. The fraction of sp³-hybridized carbons (Fsp3) is 0.421. The number of hydrogen-bond donors (Lipinski definition) is 2. The number of carboxylic acids is 1. The first-order valence-corrected chi connectivity index (χ1v) is 8.35. The zero-order valence-electron chi connectivity index (χ0n) is 15.2. The van der Waals surface area contributed by atoms with E-state index in [1.165, 1.54) is 0 Å². The maximum absolute atomic E-state index is 12.5. The van der Waals surface area contributed by atoms with Gasteiger partial charge < -0.3 is 10.4 Å². The molecule has 2 rings (SSSR count). The number of rotatable bonds is 6. The van der Waals surface area contributed by atoms with E-state index in [1.807, 2.05) is 52.0 Å². The Bertz CT molecular complexity index is 755. The van der Waals surface area contributed by atoms with E-state index in [-0.39, 0.29) is 17.7 Å². The summed E-state index contributed by atoms with van der Waals surface area (Å²) in [6.07, 6.45) is 2.17. The molecule has 0 aliphatic rings. The van der Waals surface area contributed by atoms with Crippen LogP contribution < -0.4 is 5.32 Å². The largest absolute Gasteiger partial charge is 0.481 e. The molecule has 0 aliphatic heterocycles. The van der Waals surface area contributed by atoms with Crippen LogP contribution in [-0.4, -0.2) is 33.3 Å². The zero-order valence-corrected chi connectivity index (χ0v) is 15.2. The van der Waals surface area contributed by atoms with Gasteiger partial charge in [0.2, 0.25) is 0 Å². The summed E-state index contributed by atoms with van der Waals surface area (Å²) in [5.74, 6) is -1.09. The van der Waals surface area contributed by atoms with Crippen molar-refractivity contribution < 1.29 is 14.7 Å². The highest BCUT2D eigenvalue weighted by Crippen LogP contribution is 2.25. The van der Waals surface area contributed by atoms with Gasteiger partial charge in [-0.3, -0.25) is 9.59 Å². The Balaban J connectivity index is 2.25. The molecule has 1 aromatic carbocycles. The molecule has 6 heteroatoms. The number of carbonyl (C=O) groups is 2. The summed E-state index contributed by atoms with van der Waals surface area (Å²) in [5.41, 5.74) is 2.99. The molecule has 0 atom stereocenters. The van der Waals surface area contributed by atoms with Gasteiger partial charge in [0.15, 0.2) is 0 Å². The average molecular weight is 343 g/mol. The van der Waals surface area contributed by atoms with Gasteiger partial charge in [-0.2, -0.15) is 5.10 Å². The van der Waals surface area contributed by atoms with E-state index >= 15 is 0 Å². The number of aliphatic carboxylic acids is 1. The number of aryl methyl sites for hydroxylation is 1. The summed E-state index contributed by atoms with van der Waals surface area (Å²) in [6, 6.07) is 7.92. The second kappa shape index (κ2) is 7.51. The number of nitrogens with one attached hydrogen (secondary N) is 1. The van der Waals surface area contributed by atoms with Crippen LogP contribution in [0.25, 0.3) is 5.69 Å². The molecule has 0 spiro atoms. The molecule has 0 aliphatic carbocycles. The van der Waals surface area contributed by atoms with Crippen molar-refractivity contribution in [2.24, 2.45) is 0 Å². The number of carboxylic acid groups (broad SMARTS) is 1. The number of aromatic nitrogens is 2. The summed E-state index contributed by atoms with van der Waals surface area (Å²) >= 11 is 0. The van der Waals surface area contributed by atoms with Crippen LogP contribution >= 0.6 is 0 Å². The number of hydrogen-bond acceptors (Lipinski definition) is 3. The number of benzene rings is 1. The Hall–Kier alpha value is -2.63. The molecular weight excluding hydrogens is 318 g/mol. The highest BCUT2D eigenvalue weighted by molar-refractivity contribution is 5.95. The van der Waals surface area contributed by atoms with E-state index < -0.39 is 5.97 Å². The lowest BCUT2D eigenvalue weighted by molar-refractivity contribution is -0.137. The van der Waals surface area contributed by atoms with Crippen molar-refractivity contribution in [3.63, 3.8) is 0 Å². The lowest BCUT2D eigenvalue weighted by atomic mass is 9.89. The SMILES string of the molecule is Cc1ccc(-n2cc(C(=O)NCCCC(=O)O)c(C(C)(C)C)n2)cc1. The van der Waals surface area contributed by atoms with Gasteiger partial charge in [-0.25, -0.2) is 4.68 Å². The van der Waals surface area contributed by atoms with Crippen molar-refractivity contribution in [2.45, 2.75) is 46.0 Å². The second-order valence-electron chi connectivity index (χ2n) is 7.17. The van der Waals surface area contributed by atoms with Crippen LogP contribution in [0.3, 0.4) is 0 Å². The molecule has 0 unspecified atom stereocenters. The Labute approximate surface area is 147 Å². The molecule has 2 N–H and O–H groups in total. The van der Waals surface area contributed by atoms with Crippen LogP contribution in [0.15, 0.2) is 30.5 Å². The standard InChI is InChI=1S/C19H25N3O3/c1-13-7-9-14(10-8-13)22-12-15(17(21-22)19(2,3)4)18(25)20-11-5-6-16(23)24/h7-10,12H,5-6,11H2,1-4H3,(H,20,25)(H,23,24). The predicted octanol–water partition coefficient (Wildman–Crippen LogP) is 3.07. The summed E-state index contributed by atoms with van der Waals surface area (Å²) in [4.78, 5) is 23.1. The number of nitrogens with zero attached hydrogens (tertiary/aromatic N) is 2. The smallest absolute Gasteiger partial charge is 0.303 e. The molecule has 25 heavy (non-hydrogen) atoms. The third-order valence-electron chi connectivity index (χ3n) is 3.82. The van der Waals surface area contributed by atoms with Gasteiger partial charge in [-0.15, -0.1) is 0 Å². The first-order valence-electron chi connectivity index (χ1n) is 8.35. The lowest BCUT2D eigenvalue weighted by Gasteiger charge is -2.17. The van der Waals surface area contributed by atoms with Gasteiger partial charge >= 0.3 is 5.97 Å². The van der Waals surface area contributed by atoms with Crippen molar-refractivity contribution in [2.75, 3.05) is 6.54 Å². The first kappa shape index (κ1) is 18.7.